The van der Waals surface area contributed by atoms with Crippen LogP contribution in [-0.2, 0) is 23.8 Å². The van der Waals surface area contributed by atoms with Crippen LogP contribution in [0.15, 0.2) is 54.5 Å². The van der Waals surface area contributed by atoms with E-state index < -0.39 is 77.3 Å². The number of benzene rings is 2. The van der Waals surface area contributed by atoms with Crippen molar-refractivity contribution in [2.24, 2.45) is 23.7 Å². The standard InChI is InChI=1S/C43H51N3O11/c1-19-14-16-46-28(18-19)44-32-29-30-37(50)25(7)40-31(29)41(52)43(9,57-40)55-17-15-27(54-10)22(4)39(56-26(8)47)24(6)36(49)23(5)35(48)20(2)12-11-13-21(3)42(53)45-33(34(32)46)38(30)51/h11-18,20,22-24,27,35-36,39,48-51H,1-10H3,(H,45,53)/b12-11+,17-15+,21-13-/t20-,22-,23+,24+,27-,35-,36+,39+,43-/m0/s1. The van der Waals surface area contributed by atoms with E-state index in [0.29, 0.717) is 5.65 Å². The molecule has 14 nitrogen and oxygen atoms in total. The van der Waals surface area contributed by atoms with Crippen molar-refractivity contribution in [3.63, 3.8) is 0 Å². The maximum Gasteiger partial charge on any atom is 0.312 e. The number of ether oxygens (including phenoxy) is 4. The van der Waals surface area contributed by atoms with Gasteiger partial charge in [-0.15, -0.1) is 0 Å². The summed E-state index contributed by atoms with van der Waals surface area (Å²) in [4.78, 5) is 45.6. The van der Waals surface area contributed by atoms with Crippen molar-refractivity contribution >= 4 is 50.8 Å². The number of imidazole rings is 1. The predicted octanol–water partition coefficient (Wildman–Crippen LogP) is 6.16. The number of phenols is 2. The van der Waals surface area contributed by atoms with Crippen LogP contribution in [-0.4, -0.2) is 84.8 Å². The lowest BCUT2D eigenvalue weighted by atomic mass is 9.78. The molecule has 4 aromatic rings. The topological polar surface area (TPSA) is 198 Å². The maximum atomic E-state index is 14.6. The van der Waals surface area contributed by atoms with E-state index in [2.05, 4.69) is 5.32 Å². The Morgan fingerprint density at radius 2 is 1.68 bits per heavy atom. The number of methoxy groups -OCH3 is 1. The highest BCUT2D eigenvalue weighted by molar-refractivity contribution is 6.28. The molecule has 304 valence electrons. The van der Waals surface area contributed by atoms with Crippen molar-refractivity contribution in [2.75, 3.05) is 12.4 Å². The van der Waals surface area contributed by atoms with Gasteiger partial charge in [-0.3, -0.25) is 18.8 Å². The zero-order valence-electron chi connectivity index (χ0n) is 33.8. The Hall–Kier alpha value is -5.44. The number of amides is 1. The van der Waals surface area contributed by atoms with Crippen molar-refractivity contribution in [3.05, 3.63) is 71.2 Å². The molecule has 2 aromatic heterocycles. The van der Waals surface area contributed by atoms with Gasteiger partial charge in [-0.05, 0) is 44.5 Å². The van der Waals surface area contributed by atoms with Crippen LogP contribution in [0.2, 0.25) is 0 Å². The van der Waals surface area contributed by atoms with E-state index in [9.17, 15) is 34.8 Å². The molecule has 4 heterocycles. The summed E-state index contributed by atoms with van der Waals surface area (Å²) in [6.07, 6.45) is 5.62. The van der Waals surface area contributed by atoms with E-state index in [-0.39, 0.29) is 55.7 Å². The summed E-state index contributed by atoms with van der Waals surface area (Å²) in [6, 6.07) is 3.64. The molecule has 0 fully saturated rings. The lowest BCUT2D eigenvalue weighted by molar-refractivity contribution is -0.160. The Balaban J connectivity index is 1.58. The second-order valence-electron chi connectivity index (χ2n) is 15.6. The number of nitrogens with one attached hydrogen (secondary N) is 1. The number of anilines is 1. The van der Waals surface area contributed by atoms with E-state index in [1.165, 1.54) is 40.2 Å². The third-order valence-electron chi connectivity index (χ3n) is 11.5. The molecule has 5 N–H and O–H groups in total. The zero-order valence-corrected chi connectivity index (χ0v) is 33.8. The lowest BCUT2D eigenvalue weighted by Gasteiger charge is -2.38. The van der Waals surface area contributed by atoms with Crippen LogP contribution in [0.5, 0.6) is 17.2 Å². The third kappa shape index (κ3) is 7.10. The number of hydrogen-bond donors (Lipinski definition) is 5. The van der Waals surface area contributed by atoms with Gasteiger partial charge >= 0.3 is 11.8 Å². The molecule has 9 atom stereocenters. The molecular weight excluding hydrogens is 734 g/mol. The first-order chi connectivity index (χ1) is 26.8. The summed E-state index contributed by atoms with van der Waals surface area (Å²) >= 11 is 0. The fourth-order valence-electron chi connectivity index (χ4n) is 8.03. The minimum Gasteiger partial charge on any atom is -0.507 e. The molecule has 14 heteroatoms. The van der Waals surface area contributed by atoms with Crippen LogP contribution < -0.4 is 10.1 Å². The number of aromatic hydroxyl groups is 2. The van der Waals surface area contributed by atoms with Crippen molar-refractivity contribution in [1.29, 1.82) is 0 Å². The Morgan fingerprint density at radius 3 is 2.35 bits per heavy atom. The van der Waals surface area contributed by atoms with Gasteiger partial charge in [0.05, 0.1) is 35.5 Å². The number of rotatable bonds is 2. The van der Waals surface area contributed by atoms with Gasteiger partial charge in [0.25, 0.3) is 11.7 Å². The average molecular weight is 786 g/mol. The number of nitrogens with zero attached hydrogens (tertiary/aromatic N) is 2. The average Bonchev–Trinajstić information content (AvgIpc) is 3.67. The number of Topliss-reactive ketones (excluding diaryl/α,β-unsaturated/α-hetero) is 1. The molecule has 0 aliphatic carbocycles. The summed E-state index contributed by atoms with van der Waals surface area (Å²) < 4.78 is 25.5. The number of aryl methyl sites for hydroxylation is 1. The van der Waals surface area contributed by atoms with Gasteiger partial charge in [-0.25, -0.2) is 4.98 Å². The smallest absolute Gasteiger partial charge is 0.312 e. The van der Waals surface area contributed by atoms with Gasteiger partial charge in [0.2, 0.25) is 0 Å². The molecule has 0 spiro atoms. The van der Waals surface area contributed by atoms with E-state index in [0.717, 1.165) is 5.56 Å². The van der Waals surface area contributed by atoms with Gasteiger partial charge in [0.15, 0.2) is 5.75 Å². The minimum absolute atomic E-state index is 0.0185. The summed E-state index contributed by atoms with van der Waals surface area (Å²) in [5.74, 6) is -6.96. The van der Waals surface area contributed by atoms with Crippen LogP contribution in [0.1, 0.15) is 70.0 Å². The molecule has 0 unspecified atom stereocenters. The Bertz CT molecular complexity index is 2380. The summed E-state index contributed by atoms with van der Waals surface area (Å²) in [6.45, 7) is 14.7. The van der Waals surface area contributed by atoms with Gasteiger partial charge < -0.3 is 44.7 Å². The molecule has 4 bridgehead atoms. The quantitative estimate of drug-likeness (QED) is 0.115. The number of aromatic nitrogens is 2. The second-order valence-corrected chi connectivity index (χ2v) is 15.6. The van der Waals surface area contributed by atoms with Crippen molar-refractivity contribution in [3.8, 4) is 17.2 Å². The third-order valence-corrected chi connectivity index (χ3v) is 11.5. The van der Waals surface area contributed by atoms with Crippen molar-refractivity contribution in [2.45, 2.75) is 92.5 Å². The molecule has 2 aliphatic heterocycles. The SMILES string of the molecule is CO[C@H]1/C=C/O[C@@]2(C)Oc3c(C)c(O)c4c(O)c(c5c(nc6cc(C)ccn65)c4c3C2=O)NC(=O)/C(C)=C\C=C\[C@H](C)[C@H](O)[C@@H](C)[C@@H](O)[C@@H](C)[C@H](OC(C)=O)[C@H]1C. The summed E-state index contributed by atoms with van der Waals surface area (Å²) in [5, 5.41) is 49.4. The molecule has 2 aliphatic rings. The molecular formula is C43H51N3O11. The number of fused-ring (bicyclic) bond motifs is 2. The van der Waals surface area contributed by atoms with Crippen LogP contribution in [0.4, 0.5) is 5.69 Å². The Labute approximate surface area is 330 Å². The lowest BCUT2D eigenvalue weighted by Crippen LogP contribution is -2.46. The van der Waals surface area contributed by atoms with Crippen molar-refractivity contribution < 1.29 is 53.8 Å². The van der Waals surface area contributed by atoms with Gasteiger partial charge in [0.1, 0.15) is 40.0 Å². The number of aliphatic hydroxyl groups is 2. The molecule has 1 amide bonds. The minimum atomic E-state index is -1.96. The van der Waals surface area contributed by atoms with Crippen LogP contribution in [0, 0.1) is 37.5 Å². The molecule has 0 saturated carbocycles. The van der Waals surface area contributed by atoms with Gasteiger partial charge in [-0.1, -0.05) is 45.9 Å². The number of allylic oxidation sites excluding steroid dienone is 2. The number of carbonyl (C=O) groups is 3. The number of aliphatic hydroxyl groups excluding tert-OH is 2. The van der Waals surface area contributed by atoms with E-state index >= 15 is 0 Å². The normalized spacial score (nSPS) is 30.8. The molecule has 0 saturated heterocycles. The summed E-state index contributed by atoms with van der Waals surface area (Å²) in [7, 11) is 1.46. The number of carbonyl (C=O) groups excluding carboxylic acids is 3. The van der Waals surface area contributed by atoms with E-state index in [1.807, 2.05) is 19.1 Å². The highest BCUT2D eigenvalue weighted by Crippen LogP contribution is 2.54. The fraction of sp³-hybridized carbons (Fsp3) is 0.442. The van der Waals surface area contributed by atoms with Gasteiger partial charge in [-0.2, -0.15) is 0 Å². The number of phenolic OH excluding ortho intramolecular Hbond substituents is 2. The van der Waals surface area contributed by atoms with Crippen molar-refractivity contribution in [1.82, 2.24) is 9.38 Å². The highest BCUT2D eigenvalue weighted by atomic mass is 16.7. The number of pyridine rings is 1. The maximum absolute atomic E-state index is 14.6. The second kappa shape index (κ2) is 15.5. The predicted molar refractivity (Wildman–Crippen MR) is 213 cm³/mol. The number of ketones is 1. The van der Waals surface area contributed by atoms with E-state index in [4.69, 9.17) is 23.9 Å². The number of hydrogen-bond acceptors (Lipinski definition) is 12. The largest absolute Gasteiger partial charge is 0.507 e. The molecule has 0 radical (unpaired) electrons. The number of esters is 1. The highest BCUT2D eigenvalue weighted by Gasteiger charge is 2.50. The summed E-state index contributed by atoms with van der Waals surface area (Å²) in [5.41, 5.74) is 2.18. The van der Waals surface area contributed by atoms with Crippen LogP contribution in [0.3, 0.4) is 0 Å². The molecule has 2 aromatic carbocycles. The monoisotopic (exact) mass is 785 g/mol. The zero-order chi connectivity index (χ0) is 41.8. The Morgan fingerprint density at radius 1 is 0.982 bits per heavy atom. The first-order valence-corrected chi connectivity index (χ1v) is 19.0. The first-order valence-electron chi connectivity index (χ1n) is 19.0. The van der Waals surface area contributed by atoms with Gasteiger partial charge in [0, 0.05) is 67.3 Å². The molecule has 57 heavy (non-hydrogen) atoms. The molecule has 6 rings (SSSR count). The van der Waals surface area contributed by atoms with E-state index in [1.54, 1.807) is 63.4 Å². The van der Waals surface area contributed by atoms with Crippen LogP contribution in [0.25, 0.3) is 27.5 Å². The van der Waals surface area contributed by atoms with Crippen LogP contribution >= 0.6 is 0 Å². The Kier molecular flexibility index (Phi) is 11.2. The first kappa shape index (κ1) is 41.2. The fourth-order valence-corrected chi connectivity index (χ4v) is 8.03.